The number of aliphatic hydroxyl groups is 2. The largest absolute Gasteiger partial charge is 0.387 e. The molecule has 1 aliphatic heterocycles. The van der Waals surface area contributed by atoms with E-state index in [4.69, 9.17) is 26.8 Å². The molecule has 0 aliphatic carbocycles. The molecule has 3 heterocycles. The van der Waals surface area contributed by atoms with Gasteiger partial charge in [-0.2, -0.15) is 9.97 Å². The van der Waals surface area contributed by atoms with Crippen LogP contribution in [0.25, 0.3) is 11.2 Å². The summed E-state index contributed by atoms with van der Waals surface area (Å²) >= 11 is 5.80. The van der Waals surface area contributed by atoms with Crippen molar-refractivity contribution in [2.75, 3.05) is 12.3 Å². The Morgan fingerprint density at radius 2 is 2.03 bits per heavy atom. The SMILES string of the molecule is CC(=O)NNC(=O)C(OC[C@H]1O[C@@H](n2cnc3c(N)nc(Cl)nc32)[C@H](O)[C@@H]1O)P(=O)(O)O. The maximum absolute atomic E-state index is 12.0. The van der Waals surface area contributed by atoms with Gasteiger partial charge in [0.2, 0.25) is 17.0 Å². The fraction of sp³-hybridized carbons (Fsp3) is 0.500. The van der Waals surface area contributed by atoms with Crippen molar-refractivity contribution in [1.82, 2.24) is 30.4 Å². The molecule has 2 amide bonds. The molecule has 3 rings (SSSR count). The molecule has 2 aromatic rings. The van der Waals surface area contributed by atoms with Gasteiger partial charge in [-0.3, -0.25) is 29.6 Å². The molecule has 176 valence electrons. The smallest absolute Gasteiger partial charge is 0.363 e. The van der Waals surface area contributed by atoms with E-state index >= 15 is 0 Å². The van der Waals surface area contributed by atoms with Crippen LogP contribution in [0.4, 0.5) is 5.82 Å². The number of carbonyl (C=O) groups excluding carboxylic acids is 2. The first kappa shape index (κ1) is 24.2. The number of rotatable bonds is 6. The van der Waals surface area contributed by atoms with Gasteiger partial charge in [0.15, 0.2) is 17.7 Å². The van der Waals surface area contributed by atoms with Crippen LogP contribution < -0.4 is 16.6 Å². The van der Waals surface area contributed by atoms with Gasteiger partial charge in [0, 0.05) is 6.92 Å². The molecule has 1 aliphatic rings. The summed E-state index contributed by atoms with van der Waals surface area (Å²) in [5, 5.41) is 20.5. The highest BCUT2D eigenvalue weighted by Crippen LogP contribution is 2.42. The molecule has 0 spiro atoms. The first-order valence-corrected chi connectivity index (χ1v) is 10.9. The first-order chi connectivity index (χ1) is 14.9. The number of amides is 2. The fourth-order valence-electron chi connectivity index (χ4n) is 2.92. The van der Waals surface area contributed by atoms with Gasteiger partial charge in [-0.15, -0.1) is 0 Å². The summed E-state index contributed by atoms with van der Waals surface area (Å²) in [5.74, 6) is -4.37. The molecule has 0 bridgehead atoms. The molecule has 0 radical (unpaired) electrons. The number of fused-ring (bicyclic) bond motifs is 1. The number of nitrogen functional groups attached to an aromatic ring is 1. The summed E-state index contributed by atoms with van der Waals surface area (Å²) in [6.45, 7) is 0.353. The van der Waals surface area contributed by atoms with Crippen molar-refractivity contribution in [3.8, 4) is 0 Å². The van der Waals surface area contributed by atoms with Crippen molar-refractivity contribution in [2.45, 2.75) is 37.3 Å². The number of nitrogens with one attached hydrogen (secondary N) is 2. The second-order valence-electron chi connectivity index (χ2n) is 6.69. The number of hydrazine groups is 1. The third kappa shape index (κ3) is 4.97. The number of nitrogens with zero attached hydrogens (tertiary/aromatic N) is 4. The van der Waals surface area contributed by atoms with Gasteiger partial charge < -0.3 is 35.2 Å². The Hall–Kier alpha value is -2.43. The zero-order chi connectivity index (χ0) is 23.8. The summed E-state index contributed by atoms with van der Waals surface area (Å²) in [7, 11) is -5.14. The zero-order valence-electron chi connectivity index (χ0n) is 16.2. The van der Waals surface area contributed by atoms with Gasteiger partial charge in [0.25, 0.3) is 5.91 Å². The van der Waals surface area contributed by atoms with Crippen LogP contribution in [0.15, 0.2) is 6.33 Å². The lowest BCUT2D eigenvalue weighted by atomic mass is 10.1. The molecule has 2 aromatic heterocycles. The van der Waals surface area contributed by atoms with Crippen LogP contribution in [0, 0.1) is 0 Å². The number of anilines is 1. The van der Waals surface area contributed by atoms with Crippen molar-refractivity contribution in [3.63, 3.8) is 0 Å². The van der Waals surface area contributed by atoms with E-state index in [2.05, 4.69) is 15.0 Å². The molecule has 0 aromatic carbocycles. The second-order valence-corrected chi connectivity index (χ2v) is 8.68. The van der Waals surface area contributed by atoms with Gasteiger partial charge in [-0.05, 0) is 11.6 Å². The second kappa shape index (κ2) is 9.21. The van der Waals surface area contributed by atoms with Gasteiger partial charge in [-0.1, -0.05) is 0 Å². The van der Waals surface area contributed by atoms with Gasteiger partial charge >= 0.3 is 7.60 Å². The number of halogens is 1. The normalized spacial score (nSPS) is 24.4. The number of hydrogen-bond donors (Lipinski definition) is 7. The molecule has 16 nitrogen and oxygen atoms in total. The molecule has 0 saturated carbocycles. The van der Waals surface area contributed by atoms with E-state index in [-0.39, 0.29) is 22.3 Å². The lowest BCUT2D eigenvalue weighted by Crippen LogP contribution is -2.47. The van der Waals surface area contributed by atoms with Crippen LogP contribution in [-0.2, 0) is 23.6 Å². The molecular weight excluding hydrogens is 477 g/mol. The van der Waals surface area contributed by atoms with E-state index in [0.29, 0.717) is 0 Å². The maximum atomic E-state index is 12.0. The predicted octanol–water partition coefficient (Wildman–Crippen LogP) is -2.63. The Morgan fingerprint density at radius 3 is 2.66 bits per heavy atom. The van der Waals surface area contributed by atoms with E-state index in [9.17, 15) is 34.2 Å². The van der Waals surface area contributed by atoms with E-state index in [1.54, 1.807) is 5.43 Å². The van der Waals surface area contributed by atoms with E-state index in [1.807, 2.05) is 5.43 Å². The summed E-state index contributed by atoms with van der Waals surface area (Å²) in [5.41, 5.74) is 9.65. The van der Waals surface area contributed by atoms with Gasteiger partial charge in [0.1, 0.15) is 23.8 Å². The van der Waals surface area contributed by atoms with Crippen molar-refractivity contribution in [3.05, 3.63) is 11.6 Å². The Morgan fingerprint density at radius 1 is 1.34 bits per heavy atom. The Kier molecular flexibility index (Phi) is 6.97. The summed E-state index contributed by atoms with van der Waals surface area (Å²) in [4.78, 5) is 53.3. The highest BCUT2D eigenvalue weighted by molar-refractivity contribution is 7.53. The summed E-state index contributed by atoms with van der Waals surface area (Å²) in [6, 6.07) is 0. The molecule has 18 heteroatoms. The molecule has 1 unspecified atom stereocenters. The number of ether oxygens (including phenoxy) is 2. The fourth-order valence-corrected chi connectivity index (χ4v) is 3.74. The van der Waals surface area contributed by atoms with Crippen LogP contribution in [0.2, 0.25) is 5.28 Å². The number of carbonyl (C=O) groups is 2. The van der Waals surface area contributed by atoms with Crippen molar-refractivity contribution in [2.24, 2.45) is 0 Å². The van der Waals surface area contributed by atoms with E-state index in [0.717, 1.165) is 6.92 Å². The molecule has 1 fully saturated rings. The third-order valence-electron chi connectivity index (χ3n) is 4.34. The molecule has 32 heavy (non-hydrogen) atoms. The number of aliphatic hydroxyl groups excluding tert-OH is 2. The van der Waals surface area contributed by atoms with Crippen LogP contribution in [0.5, 0.6) is 0 Å². The van der Waals surface area contributed by atoms with Crippen molar-refractivity contribution in [1.29, 1.82) is 0 Å². The first-order valence-electron chi connectivity index (χ1n) is 8.80. The number of hydrogen-bond acceptors (Lipinski definition) is 11. The monoisotopic (exact) mass is 495 g/mol. The van der Waals surface area contributed by atoms with E-state index in [1.165, 1.54) is 10.9 Å². The Bertz CT molecular complexity index is 1080. The van der Waals surface area contributed by atoms with Crippen LogP contribution in [0.1, 0.15) is 13.2 Å². The topological polar surface area (TPSA) is 244 Å². The third-order valence-corrected chi connectivity index (χ3v) is 5.51. The van der Waals surface area contributed by atoms with Crippen molar-refractivity contribution >= 4 is 48.0 Å². The number of imidazole rings is 1. The average molecular weight is 496 g/mol. The lowest BCUT2D eigenvalue weighted by molar-refractivity contribution is -0.136. The van der Waals surface area contributed by atoms with Crippen LogP contribution in [0.3, 0.4) is 0 Å². The maximum Gasteiger partial charge on any atom is 0.363 e. The van der Waals surface area contributed by atoms with Crippen molar-refractivity contribution < 1.29 is 43.6 Å². The van der Waals surface area contributed by atoms with Gasteiger partial charge in [0.05, 0.1) is 12.9 Å². The standard InChI is InChI=1S/C14H19ClN7O9P/c1-4(23)20-21-11(26)13(32(27,28)29)30-2-5-7(24)8(25)12(31-5)22-3-17-6-9(16)18-14(15)19-10(6)22/h3,5,7-8,12-13,24-25H,2H2,1H3,(H,20,23)(H,21,26)(H2,16,18,19)(H2,27,28,29)/t5-,7-,8-,12-,13?/m1/s1. The summed E-state index contributed by atoms with van der Waals surface area (Å²) < 4.78 is 23.4. The molecule has 8 N–H and O–H groups in total. The van der Waals surface area contributed by atoms with Crippen LogP contribution in [-0.4, -0.2) is 82.1 Å². The summed E-state index contributed by atoms with van der Waals surface area (Å²) in [6.07, 6.45) is -4.48. The van der Waals surface area contributed by atoms with E-state index < -0.39 is 56.4 Å². The van der Waals surface area contributed by atoms with Crippen LogP contribution >= 0.6 is 19.2 Å². The molecule has 1 saturated heterocycles. The zero-order valence-corrected chi connectivity index (χ0v) is 17.8. The highest BCUT2D eigenvalue weighted by Gasteiger charge is 2.46. The quantitative estimate of drug-likeness (QED) is 0.123. The highest BCUT2D eigenvalue weighted by atomic mass is 35.5. The molecular formula is C14H19ClN7O9P. The molecule has 5 atom stereocenters. The predicted molar refractivity (Wildman–Crippen MR) is 104 cm³/mol. The minimum Gasteiger partial charge on any atom is -0.387 e. The minimum atomic E-state index is -5.14. The average Bonchev–Trinajstić information content (AvgIpc) is 3.21. The Balaban J connectivity index is 1.76. The lowest BCUT2D eigenvalue weighted by Gasteiger charge is -2.21. The Labute approximate surface area is 183 Å². The van der Waals surface area contributed by atoms with Gasteiger partial charge in [-0.25, -0.2) is 4.98 Å². The number of nitrogens with two attached hydrogens (primary N) is 1. The minimum absolute atomic E-state index is 0.0265. The number of aromatic nitrogens is 4.